The molecular weight excluding hydrogens is 370 g/mol. The maximum Gasteiger partial charge on any atom is 0.240 e. The summed E-state index contributed by atoms with van der Waals surface area (Å²) in [6.07, 6.45) is 0.167. The van der Waals surface area contributed by atoms with Crippen molar-refractivity contribution in [1.29, 1.82) is 0 Å². The van der Waals surface area contributed by atoms with Gasteiger partial charge in [-0.1, -0.05) is 15.9 Å². The highest BCUT2D eigenvalue weighted by Crippen LogP contribution is 2.14. The lowest BCUT2D eigenvalue weighted by Gasteiger charge is -2.34. The maximum absolute atomic E-state index is 12.1. The Morgan fingerprint density at radius 1 is 1.41 bits per heavy atom. The molecule has 2 rings (SSSR count). The van der Waals surface area contributed by atoms with Gasteiger partial charge in [0.25, 0.3) is 0 Å². The molecule has 2 N–H and O–H groups in total. The van der Waals surface area contributed by atoms with Crippen LogP contribution in [-0.2, 0) is 14.8 Å². The third-order valence-corrected chi connectivity index (χ3v) is 5.58. The van der Waals surface area contributed by atoms with Crippen LogP contribution < -0.4 is 10.0 Å². The summed E-state index contributed by atoms with van der Waals surface area (Å²) in [7, 11) is -3.57. The molecule has 1 aromatic carbocycles. The molecule has 1 aliphatic rings. The smallest absolute Gasteiger partial charge is 0.240 e. The van der Waals surface area contributed by atoms with Crippen LogP contribution in [0.25, 0.3) is 0 Å². The van der Waals surface area contributed by atoms with E-state index in [1.807, 2.05) is 6.92 Å². The molecule has 122 valence electrons. The molecule has 8 heteroatoms. The van der Waals surface area contributed by atoms with E-state index in [0.29, 0.717) is 6.54 Å². The highest BCUT2D eigenvalue weighted by molar-refractivity contribution is 9.10. The summed E-state index contributed by atoms with van der Waals surface area (Å²) in [6, 6.07) is 6.52. The van der Waals surface area contributed by atoms with Gasteiger partial charge in [-0.2, -0.15) is 0 Å². The van der Waals surface area contributed by atoms with Gasteiger partial charge in [0.05, 0.1) is 4.90 Å². The zero-order valence-corrected chi connectivity index (χ0v) is 14.8. The largest absolute Gasteiger partial charge is 0.337 e. The standard InChI is InChI=1S/C14H20BrN3O3S/c1-11-10-16-8-9-18(11)14(19)6-7-17-22(20,21)13-4-2-12(15)3-5-13/h2-5,11,16-17H,6-10H2,1H3/t11-/m1/s1. The number of hydrogen-bond acceptors (Lipinski definition) is 4. The van der Waals surface area contributed by atoms with Gasteiger partial charge in [0.15, 0.2) is 0 Å². The van der Waals surface area contributed by atoms with E-state index in [-0.39, 0.29) is 29.8 Å². The first-order chi connectivity index (χ1) is 10.4. The molecule has 1 atom stereocenters. The number of hydrogen-bond donors (Lipinski definition) is 2. The number of amides is 1. The van der Waals surface area contributed by atoms with E-state index in [1.54, 1.807) is 17.0 Å². The number of sulfonamides is 1. The number of rotatable bonds is 5. The summed E-state index contributed by atoms with van der Waals surface area (Å²) in [4.78, 5) is 14.1. The molecule has 1 fully saturated rings. The highest BCUT2D eigenvalue weighted by atomic mass is 79.9. The fourth-order valence-electron chi connectivity index (χ4n) is 2.34. The Morgan fingerprint density at radius 3 is 2.73 bits per heavy atom. The monoisotopic (exact) mass is 389 g/mol. The van der Waals surface area contributed by atoms with Gasteiger partial charge in [-0.05, 0) is 31.2 Å². The SMILES string of the molecule is C[C@@H]1CNCCN1C(=O)CCNS(=O)(=O)c1ccc(Br)cc1. The molecule has 0 radical (unpaired) electrons. The van der Waals surface area contributed by atoms with Crippen LogP contribution >= 0.6 is 15.9 Å². The second kappa shape index (κ2) is 7.54. The fraction of sp³-hybridized carbons (Fsp3) is 0.500. The lowest BCUT2D eigenvalue weighted by Crippen LogP contribution is -2.52. The lowest BCUT2D eigenvalue weighted by atomic mass is 10.2. The minimum absolute atomic E-state index is 0.0208. The molecule has 0 unspecified atom stereocenters. The van der Waals surface area contributed by atoms with Crippen molar-refractivity contribution in [2.45, 2.75) is 24.3 Å². The van der Waals surface area contributed by atoms with Gasteiger partial charge >= 0.3 is 0 Å². The Balaban J connectivity index is 1.87. The van der Waals surface area contributed by atoms with Crippen LogP contribution in [0, 0.1) is 0 Å². The average molecular weight is 390 g/mol. The summed E-state index contributed by atoms with van der Waals surface area (Å²) in [5.41, 5.74) is 0. The third-order valence-electron chi connectivity index (χ3n) is 3.58. The molecule has 1 heterocycles. The molecule has 1 aliphatic heterocycles. The van der Waals surface area contributed by atoms with Gasteiger partial charge in [-0.3, -0.25) is 4.79 Å². The predicted octanol–water partition coefficient (Wildman–Crippen LogP) is 0.938. The van der Waals surface area contributed by atoms with Crippen LogP contribution in [-0.4, -0.2) is 51.4 Å². The fourth-order valence-corrected chi connectivity index (χ4v) is 3.64. The predicted molar refractivity (Wildman–Crippen MR) is 88.0 cm³/mol. The van der Waals surface area contributed by atoms with Crippen LogP contribution in [0.15, 0.2) is 33.6 Å². The molecule has 1 saturated heterocycles. The summed E-state index contributed by atoms with van der Waals surface area (Å²) in [6.45, 7) is 4.31. The topological polar surface area (TPSA) is 78.5 Å². The van der Waals surface area contributed by atoms with Crippen LogP contribution in [0.3, 0.4) is 0 Å². The van der Waals surface area contributed by atoms with Crippen molar-refractivity contribution < 1.29 is 13.2 Å². The number of piperazine rings is 1. The van der Waals surface area contributed by atoms with Crippen LogP contribution in [0.1, 0.15) is 13.3 Å². The first kappa shape index (κ1) is 17.4. The second-order valence-electron chi connectivity index (χ2n) is 5.24. The van der Waals surface area contributed by atoms with Gasteiger partial charge in [0.1, 0.15) is 0 Å². The number of halogens is 1. The van der Waals surface area contributed by atoms with E-state index in [0.717, 1.165) is 17.6 Å². The Kier molecular flexibility index (Phi) is 5.96. The number of nitrogens with zero attached hydrogens (tertiary/aromatic N) is 1. The average Bonchev–Trinajstić information content (AvgIpc) is 2.48. The minimum atomic E-state index is -3.57. The first-order valence-corrected chi connectivity index (χ1v) is 9.43. The molecule has 0 saturated carbocycles. The van der Waals surface area contributed by atoms with Crippen LogP contribution in [0.4, 0.5) is 0 Å². The zero-order chi connectivity index (χ0) is 16.2. The summed E-state index contributed by atoms with van der Waals surface area (Å²) in [5, 5.41) is 3.22. The van der Waals surface area contributed by atoms with Crippen molar-refractivity contribution in [2.24, 2.45) is 0 Å². The zero-order valence-electron chi connectivity index (χ0n) is 12.4. The molecular formula is C14H20BrN3O3S. The Hall–Kier alpha value is -0.960. The Labute approximate surface area is 139 Å². The van der Waals surface area contributed by atoms with Gasteiger partial charge in [-0.25, -0.2) is 13.1 Å². The summed E-state index contributed by atoms with van der Waals surface area (Å²) in [5.74, 6) is -0.0208. The number of benzene rings is 1. The maximum atomic E-state index is 12.1. The molecule has 0 aromatic heterocycles. The highest BCUT2D eigenvalue weighted by Gasteiger charge is 2.23. The normalized spacial score (nSPS) is 19.2. The Bertz CT molecular complexity index is 619. The molecule has 6 nitrogen and oxygen atoms in total. The van der Waals surface area contributed by atoms with Gasteiger partial charge in [-0.15, -0.1) is 0 Å². The van der Waals surface area contributed by atoms with Crippen molar-refractivity contribution >= 4 is 31.9 Å². The van der Waals surface area contributed by atoms with Crippen molar-refractivity contribution in [3.63, 3.8) is 0 Å². The second-order valence-corrected chi connectivity index (χ2v) is 7.92. The van der Waals surface area contributed by atoms with Crippen LogP contribution in [0.2, 0.25) is 0 Å². The van der Waals surface area contributed by atoms with Gasteiger partial charge in [0.2, 0.25) is 15.9 Å². The van der Waals surface area contributed by atoms with E-state index in [2.05, 4.69) is 26.0 Å². The number of carbonyl (C=O) groups is 1. The van der Waals surface area contributed by atoms with E-state index in [9.17, 15) is 13.2 Å². The molecule has 0 bridgehead atoms. The van der Waals surface area contributed by atoms with Crippen molar-refractivity contribution in [1.82, 2.24) is 14.9 Å². The van der Waals surface area contributed by atoms with Gasteiger partial charge in [0, 0.05) is 43.1 Å². The van der Waals surface area contributed by atoms with E-state index >= 15 is 0 Å². The number of nitrogens with one attached hydrogen (secondary N) is 2. The lowest BCUT2D eigenvalue weighted by molar-refractivity contribution is -0.133. The van der Waals surface area contributed by atoms with Crippen molar-refractivity contribution in [3.8, 4) is 0 Å². The molecule has 22 heavy (non-hydrogen) atoms. The van der Waals surface area contributed by atoms with Crippen molar-refractivity contribution in [2.75, 3.05) is 26.2 Å². The number of carbonyl (C=O) groups excluding carboxylic acids is 1. The van der Waals surface area contributed by atoms with E-state index < -0.39 is 10.0 Å². The molecule has 1 amide bonds. The van der Waals surface area contributed by atoms with E-state index in [4.69, 9.17) is 0 Å². The Morgan fingerprint density at radius 2 is 2.09 bits per heavy atom. The quantitative estimate of drug-likeness (QED) is 0.785. The van der Waals surface area contributed by atoms with Crippen LogP contribution in [0.5, 0.6) is 0 Å². The third kappa shape index (κ3) is 4.52. The minimum Gasteiger partial charge on any atom is -0.337 e. The summed E-state index contributed by atoms with van der Waals surface area (Å²) >= 11 is 3.26. The first-order valence-electron chi connectivity index (χ1n) is 7.15. The molecule has 0 aliphatic carbocycles. The molecule has 1 aromatic rings. The summed E-state index contributed by atoms with van der Waals surface area (Å²) < 4.78 is 27.5. The van der Waals surface area contributed by atoms with Gasteiger partial charge < -0.3 is 10.2 Å². The van der Waals surface area contributed by atoms with E-state index in [1.165, 1.54) is 12.1 Å². The molecule has 0 spiro atoms. The van der Waals surface area contributed by atoms with Crippen molar-refractivity contribution in [3.05, 3.63) is 28.7 Å².